The second kappa shape index (κ2) is 8.10. The highest BCUT2D eigenvalue weighted by atomic mass is 32.1. The molecule has 1 fully saturated rings. The van der Waals surface area contributed by atoms with Crippen LogP contribution in [0.15, 0.2) is 16.7 Å². The Balaban J connectivity index is 1.53. The summed E-state index contributed by atoms with van der Waals surface area (Å²) in [6.07, 6.45) is 3.71. The molecule has 2 aromatic heterocycles. The summed E-state index contributed by atoms with van der Waals surface area (Å²) >= 11 is 1.61. The van der Waals surface area contributed by atoms with E-state index in [-0.39, 0.29) is 5.91 Å². The van der Waals surface area contributed by atoms with E-state index in [4.69, 9.17) is 4.52 Å². The molecular weight excluding hydrogens is 336 g/mol. The number of rotatable bonds is 7. The van der Waals surface area contributed by atoms with Gasteiger partial charge in [-0.05, 0) is 45.4 Å². The minimum Gasteiger partial charge on any atom is -0.351 e. The standard InChI is InChI=1S/C18H26N4O2S/c1-4-16-20-17(24-21-16)9-10-19-18(23)15-8-7-14(25-15)13-6-5-11-22(13)12(2)3/h7-8,12-13H,4-6,9-11H2,1-3H3,(H,19,23)/t13-/m0/s1. The summed E-state index contributed by atoms with van der Waals surface area (Å²) in [4.78, 5) is 21.2. The Bertz CT molecular complexity index is 710. The molecule has 0 aliphatic carbocycles. The zero-order valence-corrected chi connectivity index (χ0v) is 15.9. The summed E-state index contributed by atoms with van der Waals surface area (Å²) in [6.45, 7) is 8.10. The van der Waals surface area contributed by atoms with E-state index >= 15 is 0 Å². The van der Waals surface area contributed by atoms with Gasteiger partial charge >= 0.3 is 0 Å². The summed E-state index contributed by atoms with van der Waals surface area (Å²) in [5, 5.41) is 6.80. The predicted octanol–water partition coefficient (Wildman–Crippen LogP) is 3.21. The molecule has 3 heterocycles. The third-order valence-corrected chi connectivity index (χ3v) is 5.77. The van der Waals surface area contributed by atoms with E-state index in [9.17, 15) is 4.79 Å². The first-order valence-electron chi connectivity index (χ1n) is 9.03. The van der Waals surface area contributed by atoms with Gasteiger partial charge in [0.25, 0.3) is 5.91 Å². The number of carbonyl (C=O) groups excluding carboxylic acids is 1. The van der Waals surface area contributed by atoms with Gasteiger partial charge in [0.2, 0.25) is 5.89 Å². The maximum Gasteiger partial charge on any atom is 0.261 e. The second-order valence-electron chi connectivity index (χ2n) is 6.66. The van der Waals surface area contributed by atoms with Crippen molar-refractivity contribution in [2.75, 3.05) is 13.1 Å². The van der Waals surface area contributed by atoms with E-state index in [0.29, 0.717) is 36.8 Å². The van der Waals surface area contributed by atoms with Crippen LogP contribution in [0.25, 0.3) is 0 Å². The normalized spacial score (nSPS) is 18.2. The summed E-state index contributed by atoms with van der Waals surface area (Å²) < 4.78 is 5.13. The smallest absolute Gasteiger partial charge is 0.261 e. The van der Waals surface area contributed by atoms with Gasteiger partial charge in [0, 0.05) is 36.3 Å². The number of thiophene rings is 1. The summed E-state index contributed by atoms with van der Waals surface area (Å²) in [5.41, 5.74) is 0. The fourth-order valence-electron chi connectivity index (χ4n) is 3.27. The van der Waals surface area contributed by atoms with E-state index in [1.165, 1.54) is 17.7 Å². The Morgan fingerprint density at radius 1 is 1.48 bits per heavy atom. The number of hydrogen-bond acceptors (Lipinski definition) is 6. The van der Waals surface area contributed by atoms with E-state index in [1.54, 1.807) is 11.3 Å². The van der Waals surface area contributed by atoms with Crippen LogP contribution in [0.1, 0.15) is 65.9 Å². The molecule has 1 aliphatic rings. The number of nitrogens with zero attached hydrogens (tertiary/aromatic N) is 3. The average Bonchev–Trinajstić information content (AvgIpc) is 3.33. The van der Waals surface area contributed by atoms with Gasteiger partial charge in [-0.1, -0.05) is 12.1 Å². The van der Waals surface area contributed by atoms with Gasteiger partial charge in [0.05, 0.1) is 4.88 Å². The fraction of sp³-hybridized carbons (Fsp3) is 0.611. The van der Waals surface area contributed by atoms with Crippen molar-refractivity contribution < 1.29 is 9.32 Å². The molecule has 0 radical (unpaired) electrons. The van der Waals surface area contributed by atoms with E-state index < -0.39 is 0 Å². The second-order valence-corrected chi connectivity index (χ2v) is 7.77. The molecule has 0 bridgehead atoms. The maximum atomic E-state index is 12.4. The zero-order chi connectivity index (χ0) is 17.8. The van der Waals surface area contributed by atoms with Crippen LogP contribution < -0.4 is 5.32 Å². The van der Waals surface area contributed by atoms with E-state index in [2.05, 4.69) is 40.3 Å². The first-order valence-corrected chi connectivity index (χ1v) is 9.85. The van der Waals surface area contributed by atoms with Gasteiger partial charge in [-0.15, -0.1) is 11.3 Å². The molecule has 0 unspecified atom stereocenters. The van der Waals surface area contributed by atoms with E-state index in [1.807, 2.05) is 13.0 Å². The van der Waals surface area contributed by atoms with Crippen LogP contribution in [-0.2, 0) is 12.8 Å². The molecule has 0 spiro atoms. The minimum atomic E-state index is -0.0272. The van der Waals surface area contributed by atoms with Gasteiger partial charge in [-0.3, -0.25) is 9.69 Å². The molecule has 1 atom stereocenters. The molecule has 3 rings (SSSR count). The van der Waals surface area contributed by atoms with Gasteiger partial charge in [0.15, 0.2) is 5.82 Å². The molecule has 7 heteroatoms. The number of aromatic nitrogens is 2. The molecule has 6 nitrogen and oxygen atoms in total. The van der Waals surface area contributed by atoms with Crippen molar-refractivity contribution >= 4 is 17.2 Å². The molecule has 136 valence electrons. The lowest BCUT2D eigenvalue weighted by atomic mass is 10.1. The number of aryl methyl sites for hydroxylation is 1. The highest BCUT2D eigenvalue weighted by Gasteiger charge is 2.29. The Morgan fingerprint density at radius 2 is 2.32 bits per heavy atom. The lowest BCUT2D eigenvalue weighted by molar-refractivity contribution is 0.0957. The van der Waals surface area contributed by atoms with Gasteiger partial charge in [0.1, 0.15) is 0 Å². The Hall–Kier alpha value is -1.73. The third kappa shape index (κ3) is 4.27. The topological polar surface area (TPSA) is 71.3 Å². The van der Waals surface area contributed by atoms with Crippen molar-refractivity contribution in [1.82, 2.24) is 20.4 Å². The number of hydrogen-bond donors (Lipinski definition) is 1. The Kier molecular flexibility index (Phi) is 5.86. The molecular formula is C18H26N4O2S. The molecule has 2 aromatic rings. The molecule has 1 saturated heterocycles. The summed E-state index contributed by atoms with van der Waals surface area (Å²) in [7, 11) is 0. The highest BCUT2D eigenvalue weighted by Crippen LogP contribution is 2.37. The Labute approximate surface area is 152 Å². The maximum absolute atomic E-state index is 12.4. The average molecular weight is 362 g/mol. The van der Waals surface area contributed by atoms with Crippen molar-refractivity contribution in [1.29, 1.82) is 0 Å². The van der Waals surface area contributed by atoms with Crippen molar-refractivity contribution in [3.05, 3.63) is 33.6 Å². The van der Waals surface area contributed by atoms with Crippen LogP contribution in [0.4, 0.5) is 0 Å². The van der Waals surface area contributed by atoms with Crippen LogP contribution >= 0.6 is 11.3 Å². The molecule has 1 aliphatic heterocycles. The monoisotopic (exact) mass is 362 g/mol. The zero-order valence-electron chi connectivity index (χ0n) is 15.1. The number of nitrogens with one attached hydrogen (secondary N) is 1. The highest BCUT2D eigenvalue weighted by molar-refractivity contribution is 7.14. The molecule has 25 heavy (non-hydrogen) atoms. The fourth-order valence-corrected chi connectivity index (χ4v) is 4.35. The lowest BCUT2D eigenvalue weighted by Gasteiger charge is -2.27. The number of amides is 1. The lowest BCUT2D eigenvalue weighted by Crippen LogP contribution is -2.29. The summed E-state index contributed by atoms with van der Waals surface area (Å²) in [6, 6.07) is 5.04. The van der Waals surface area contributed by atoms with Gasteiger partial charge in [-0.25, -0.2) is 0 Å². The predicted molar refractivity (Wildman–Crippen MR) is 97.8 cm³/mol. The van der Waals surface area contributed by atoms with Crippen LogP contribution in [0.3, 0.4) is 0 Å². The van der Waals surface area contributed by atoms with Crippen molar-refractivity contribution in [2.45, 2.75) is 58.5 Å². The van der Waals surface area contributed by atoms with Crippen LogP contribution in [0.5, 0.6) is 0 Å². The molecule has 1 amide bonds. The Morgan fingerprint density at radius 3 is 3.04 bits per heavy atom. The van der Waals surface area contributed by atoms with Gasteiger partial charge in [-0.2, -0.15) is 4.98 Å². The minimum absolute atomic E-state index is 0.0272. The molecule has 0 saturated carbocycles. The van der Waals surface area contributed by atoms with Crippen LogP contribution in [-0.4, -0.2) is 40.1 Å². The summed E-state index contributed by atoms with van der Waals surface area (Å²) in [5.74, 6) is 1.25. The third-order valence-electron chi connectivity index (χ3n) is 4.59. The van der Waals surface area contributed by atoms with Crippen LogP contribution in [0, 0.1) is 0 Å². The first-order chi connectivity index (χ1) is 12.1. The largest absolute Gasteiger partial charge is 0.351 e. The quantitative estimate of drug-likeness (QED) is 0.819. The van der Waals surface area contributed by atoms with Crippen molar-refractivity contribution in [3.63, 3.8) is 0 Å². The first kappa shape index (κ1) is 18.1. The van der Waals surface area contributed by atoms with E-state index in [0.717, 1.165) is 17.8 Å². The van der Waals surface area contributed by atoms with Crippen molar-refractivity contribution in [3.8, 4) is 0 Å². The number of carbonyl (C=O) groups is 1. The molecule has 0 aromatic carbocycles. The SMILES string of the molecule is CCc1noc(CCNC(=O)c2ccc([C@@H]3CCCN3C(C)C)s2)n1. The van der Waals surface area contributed by atoms with Crippen molar-refractivity contribution in [2.24, 2.45) is 0 Å². The molecule has 1 N–H and O–H groups in total. The van der Waals surface area contributed by atoms with Gasteiger partial charge < -0.3 is 9.84 Å². The number of likely N-dealkylation sites (tertiary alicyclic amines) is 1. The van der Waals surface area contributed by atoms with Crippen LogP contribution in [0.2, 0.25) is 0 Å².